The lowest BCUT2D eigenvalue weighted by molar-refractivity contribution is 0.0130. The van der Waals surface area contributed by atoms with Gasteiger partial charge in [0.1, 0.15) is 0 Å². The van der Waals surface area contributed by atoms with Crippen LogP contribution in [0.25, 0.3) is 0 Å². The van der Waals surface area contributed by atoms with E-state index < -0.39 is 0 Å². The van der Waals surface area contributed by atoms with E-state index in [4.69, 9.17) is 10.5 Å². The van der Waals surface area contributed by atoms with E-state index in [1.54, 1.807) is 0 Å². The van der Waals surface area contributed by atoms with Gasteiger partial charge in [-0.05, 0) is 26.2 Å². The van der Waals surface area contributed by atoms with Gasteiger partial charge in [0.05, 0.1) is 6.10 Å². The van der Waals surface area contributed by atoms with E-state index in [1.165, 1.54) is 19.3 Å². The molecule has 0 radical (unpaired) electrons. The predicted octanol–water partition coefficient (Wildman–Crippen LogP) is 1.61. The van der Waals surface area contributed by atoms with Crippen molar-refractivity contribution >= 4 is 0 Å². The van der Waals surface area contributed by atoms with Crippen molar-refractivity contribution in [1.29, 1.82) is 0 Å². The fourth-order valence-corrected chi connectivity index (χ4v) is 2.29. The molecular formula is C12H26N2O. The van der Waals surface area contributed by atoms with Crippen LogP contribution in [0.5, 0.6) is 0 Å². The lowest BCUT2D eigenvalue weighted by Gasteiger charge is -2.33. The Morgan fingerprint density at radius 2 is 2.00 bits per heavy atom. The molecule has 1 atom stereocenters. The zero-order valence-electron chi connectivity index (χ0n) is 10.2. The number of nitrogens with zero attached hydrogens (tertiary/aromatic N) is 1. The molecular weight excluding hydrogens is 188 g/mol. The van der Waals surface area contributed by atoms with Gasteiger partial charge < -0.3 is 15.4 Å². The average Bonchev–Trinajstić information content (AvgIpc) is 2.22. The molecule has 3 heteroatoms. The predicted molar refractivity (Wildman–Crippen MR) is 64.0 cm³/mol. The zero-order valence-corrected chi connectivity index (χ0v) is 10.2. The van der Waals surface area contributed by atoms with Gasteiger partial charge in [-0.15, -0.1) is 0 Å². The molecule has 1 saturated heterocycles. The molecule has 0 bridgehead atoms. The Morgan fingerprint density at radius 1 is 1.33 bits per heavy atom. The largest absolute Gasteiger partial charge is 0.378 e. The molecule has 15 heavy (non-hydrogen) atoms. The van der Waals surface area contributed by atoms with Crippen molar-refractivity contribution in [2.75, 3.05) is 26.2 Å². The Bertz CT molecular complexity index is 156. The summed E-state index contributed by atoms with van der Waals surface area (Å²) in [7, 11) is 0. The van der Waals surface area contributed by atoms with Crippen LogP contribution in [0.15, 0.2) is 0 Å². The molecule has 1 rings (SSSR count). The zero-order chi connectivity index (χ0) is 11.1. The summed E-state index contributed by atoms with van der Waals surface area (Å²) in [6.07, 6.45) is 5.18. The van der Waals surface area contributed by atoms with E-state index >= 15 is 0 Å². The first kappa shape index (κ1) is 12.9. The molecule has 3 nitrogen and oxygen atoms in total. The molecule has 1 fully saturated rings. The first-order chi connectivity index (χ1) is 7.26. The summed E-state index contributed by atoms with van der Waals surface area (Å²) >= 11 is 0. The summed E-state index contributed by atoms with van der Waals surface area (Å²) in [6, 6.07) is 0.360. The summed E-state index contributed by atoms with van der Waals surface area (Å²) in [5.41, 5.74) is 6.04. The van der Waals surface area contributed by atoms with E-state index in [0.717, 1.165) is 32.7 Å². The van der Waals surface area contributed by atoms with Gasteiger partial charge in [-0.2, -0.15) is 0 Å². The molecule has 0 spiro atoms. The maximum atomic E-state index is 6.04. The first-order valence-corrected chi connectivity index (χ1v) is 6.35. The quantitative estimate of drug-likeness (QED) is 0.730. The molecule has 0 aromatic heterocycles. The van der Waals surface area contributed by atoms with Crippen LogP contribution < -0.4 is 5.73 Å². The standard InChI is InChI=1S/C12H26N2O/c1-3-5-11(13)10-14-8-6-12(7-9-14)15-4-2/h11-12H,3-10,13H2,1-2H3. The third kappa shape index (κ3) is 4.96. The SMILES string of the molecule is CCCC(N)CN1CCC(OCC)CC1. The van der Waals surface area contributed by atoms with E-state index in [1.807, 2.05) is 0 Å². The molecule has 1 aliphatic rings. The van der Waals surface area contributed by atoms with Crippen LogP contribution in [0.4, 0.5) is 0 Å². The summed E-state index contributed by atoms with van der Waals surface area (Å²) in [5.74, 6) is 0. The van der Waals surface area contributed by atoms with Gasteiger partial charge in [0.25, 0.3) is 0 Å². The highest BCUT2D eigenvalue weighted by Crippen LogP contribution is 2.14. The molecule has 1 unspecified atom stereocenters. The minimum absolute atomic E-state index is 0.360. The van der Waals surface area contributed by atoms with Crippen LogP contribution in [0, 0.1) is 0 Å². The summed E-state index contributed by atoms with van der Waals surface area (Å²) < 4.78 is 5.63. The highest BCUT2D eigenvalue weighted by molar-refractivity contribution is 4.75. The Balaban J connectivity index is 2.14. The van der Waals surface area contributed by atoms with Gasteiger partial charge in [-0.1, -0.05) is 13.3 Å². The van der Waals surface area contributed by atoms with Gasteiger partial charge in [-0.3, -0.25) is 0 Å². The molecule has 0 aliphatic carbocycles. The Kier molecular flexibility index (Phi) is 6.22. The summed E-state index contributed by atoms with van der Waals surface area (Å²) in [4.78, 5) is 2.48. The van der Waals surface area contributed by atoms with Gasteiger partial charge in [0.2, 0.25) is 0 Å². The molecule has 1 aliphatic heterocycles. The third-order valence-corrected chi connectivity index (χ3v) is 3.09. The smallest absolute Gasteiger partial charge is 0.0599 e. The van der Waals surface area contributed by atoms with Crippen LogP contribution in [-0.2, 0) is 4.74 Å². The lowest BCUT2D eigenvalue weighted by Crippen LogP contribution is -2.43. The van der Waals surface area contributed by atoms with Crippen molar-refractivity contribution in [3.63, 3.8) is 0 Å². The molecule has 0 saturated carbocycles. The normalized spacial score (nSPS) is 21.8. The average molecular weight is 214 g/mol. The van der Waals surface area contributed by atoms with Crippen LogP contribution in [-0.4, -0.2) is 43.3 Å². The summed E-state index contributed by atoms with van der Waals surface area (Å²) in [5, 5.41) is 0. The van der Waals surface area contributed by atoms with Crippen LogP contribution in [0.1, 0.15) is 39.5 Å². The molecule has 90 valence electrons. The Labute approximate surface area is 94.0 Å². The molecule has 0 aromatic carbocycles. The van der Waals surface area contributed by atoms with Gasteiger partial charge in [0.15, 0.2) is 0 Å². The van der Waals surface area contributed by atoms with Crippen molar-refractivity contribution < 1.29 is 4.74 Å². The number of likely N-dealkylation sites (tertiary alicyclic amines) is 1. The van der Waals surface area contributed by atoms with Crippen molar-refractivity contribution in [2.24, 2.45) is 5.73 Å². The van der Waals surface area contributed by atoms with Crippen LogP contribution in [0.2, 0.25) is 0 Å². The van der Waals surface area contributed by atoms with E-state index in [9.17, 15) is 0 Å². The highest BCUT2D eigenvalue weighted by Gasteiger charge is 2.20. The third-order valence-electron chi connectivity index (χ3n) is 3.09. The highest BCUT2D eigenvalue weighted by atomic mass is 16.5. The Morgan fingerprint density at radius 3 is 2.53 bits per heavy atom. The van der Waals surface area contributed by atoms with Gasteiger partial charge in [-0.25, -0.2) is 0 Å². The molecule has 0 amide bonds. The summed E-state index contributed by atoms with van der Waals surface area (Å²) in [6.45, 7) is 8.49. The second-order valence-corrected chi connectivity index (χ2v) is 4.50. The molecule has 1 heterocycles. The van der Waals surface area contributed by atoms with Crippen molar-refractivity contribution in [3.8, 4) is 0 Å². The van der Waals surface area contributed by atoms with E-state index in [-0.39, 0.29) is 0 Å². The lowest BCUT2D eigenvalue weighted by atomic mass is 10.1. The van der Waals surface area contributed by atoms with E-state index in [2.05, 4.69) is 18.7 Å². The fourth-order valence-electron chi connectivity index (χ4n) is 2.29. The fraction of sp³-hybridized carbons (Fsp3) is 1.00. The monoisotopic (exact) mass is 214 g/mol. The Hall–Kier alpha value is -0.120. The second-order valence-electron chi connectivity index (χ2n) is 4.50. The maximum Gasteiger partial charge on any atom is 0.0599 e. The number of hydrogen-bond acceptors (Lipinski definition) is 3. The number of piperidine rings is 1. The van der Waals surface area contributed by atoms with Crippen molar-refractivity contribution in [2.45, 2.75) is 51.7 Å². The van der Waals surface area contributed by atoms with Gasteiger partial charge in [0, 0.05) is 32.3 Å². The van der Waals surface area contributed by atoms with Crippen LogP contribution in [0.3, 0.4) is 0 Å². The van der Waals surface area contributed by atoms with Crippen molar-refractivity contribution in [3.05, 3.63) is 0 Å². The topological polar surface area (TPSA) is 38.5 Å². The minimum Gasteiger partial charge on any atom is -0.378 e. The molecule has 2 N–H and O–H groups in total. The number of rotatable bonds is 6. The maximum absolute atomic E-state index is 6.04. The van der Waals surface area contributed by atoms with Crippen LogP contribution >= 0.6 is 0 Å². The second kappa shape index (κ2) is 7.20. The number of ether oxygens (including phenoxy) is 1. The minimum atomic E-state index is 0.360. The van der Waals surface area contributed by atoms with Crippen molar-refractivity contribution in [1.82, 2.24) is 4.90 Å². The molecule has 0 aromatic rings. The number of hydrogen-bond donors (Lipinski definition) is 1. The number of nitrogens with two attached hydrogens (primary N) is 1. The van der Waals surface area contributed by atoms with E-state index in [0.29, 0.717) is 12.1 Å². The first-order valence-electron chi connectivity index (χ1n) is 6.35. The van der Waals surface area contributed by atoms with Gasteiger partial charge >= 0.3 is 0 Å².